The number of amides is 1. The van der Waals surface area contributed by atoms with Gasteiger partial charge in [0.2, 0.25) is 5.91 Å². The van der Waals surface area contributed by atoms with Crippen LogP contribution >= 0.6 is 11.6 Å². The van der Waals surface area contributed by atoms with E-state index in [9.17, 15) is 9.59 Å². The summed E-state index contributed by atoms with van der Waals surface area (Å²) in [5, 5.41) is 0. The lowest BCUT2D eigenvalue weighted by molar-refractivity contribution is -0.119. The van der Waals surface area contributed by atoms with Crippen LogP contribution in [0.3, 0.4) is 0 Å². The van der Waals surface area contributed by atoms with Crippen LogP contribution in [-0.4, -0.2) is 23.6 Å². The number of halogens is 1. The van der Waals surface area contributed by atoms with Crippen LogP contribution in [0.2, 0.25) is 0 Å². The minimum absolute atomic E-state index is 0.131. The zero-order chi connectivity index (χ0) is 16.1. The maximum atomic E-state index is 12.4. The normalized spacial score (nSPS) is 16.7. The first-order valence-corrected chi connectivity index (χ1v) is 8.66. The number of hydrogen-bond acceptors (Lipinski definition) is 2. The Morgan fingerprint density at radius 1 is 1.27 bits per heavy atom. The topological polar surface area (TPSA) is 37.4 Å². The standard InChI is InChI=1S/C18H24ClNO2/c1-3-4-7-18(22)20-13(2)11-15-12-14(8-9-16(15)20)17(21)6-5-10-19/h8-9,12-13H,3-7,10-11H2,1-2H3. The number of benzene rings is 1. The molecule has 3 nitrogen and oxygen atoms in total. The van der Waals surface area contributed by atoms with E-state index in [4.69, 9.17) is 11.6 Å². The van der Waals surface area contributed by atoms with Crippen LogP contribution in [-0.2, 0) is 11.2 Å². The Bertz CT molecular complexity index is 556. The zero-order valence-corrected chi connectivity index (χ0v) is 14.2. The summed E-state index contributed by atoms with van der Waals surface area (Å²) < 4.78 is 0. The van der Waals surface area contributed by atoms with Crippen molar-refractivity contribution in [2.24, 2.45) is 0 Å². The molecule has 1 aliphatic rings. The highest BCUT2D eigenvalue weighted by atomic mass is 35.5. The average Bonchev–Trinajstić information content (AvgIpc) is 2.85. The van der Waals surface area contributed by atoms with Crippen LogP contribution in [0.1, 0.15) is 61.9 Å². The number of ketones is 1. The lowest BCUT2D eigenvalue weighted by Gasteiger charge is -2.22. The van der Waals surface area contributed by atoms with Crippen molar-refractivity contribution in [1.82, 2.24) is 0 Å². The van der Waals surface area contributed by atoms with Crippen LogP contribution < -0.4 is 4.90 Å². The summed E-state index contributed by atoms with van der Waals surface area (Å²) in [5.74, 6) is 0.828. The van der Waals surface area contributed by atoms with Gasteiger partial charge in [-0.1, -0.05) is 13.3 Å². The van der Waals surface area contributed by atoms with Crippen LogP contribution in [0.25, 0.3) is 0 Å². The second-order valence-corrected chi connectivity index (χ2v) is 6.36. The van der Waals surface area contributed by atoms with Crippen LogP contribution in [0.15, 0.2) is 18.2 Å². The first-order chi connectivity index (χ1) is 10.6. The molecule has 1 amide bonds. The van der Waals surface area contributed by atoms with Gasteiger partial charge in [-0.3, -0.25) is 9.59 Å². The van der Waals surface area contributed by atoms with Gasteiger partial charge in [0.25, 0.3) is 0 Å². The van der Waals surface area contributed by atoms with E-state index in [1.807, 2.05) is 23.1 Å². The average molecular weight is 322 g/mol. The van der Waals surface area contributed by atoms with Crippen molar-refractivity contribution in [2.45, 2.75) is 58.4 Å². The number of nitrogens with zero attached hydrogens (tertiary/aromatic N) is 1. The maximum absolute atomic E-state index is 12.4. The summed E-state index contributed by atoms with van der Waals surface area (Å²) in [6, 6.07) is 5.90. The number of hydrogen-bond donors (Lipinski definition) is 0. The van der Waals surface area contributed by atoms with Gasteiger partial charge in [-0.15, -0.1) is 11.6 Å². The van der Waals surface area contributed by atoms with Crippen molar-refractivity contribution in [3.8, 4) is 0 Å². The fourth-order valence-electron chi connectivity index (χ4n) is 3.00. The van der Waals surface area contributed by atoms with Gasteiger partial charge in [-0.25, -0.2) is 0 Å². The fraction of sp³-hybridized carbons (Fsp3) is 0.556. The molecule has 4 heteroatoms. The molecular formula is C18H24ClNO2. The third-order valence-corrected chi connectivity index (χ3v) is 4.43. The van der Waals surface area contributed by atoms with Gasteiger partial charge >= 0.3 is 0 Å². The van der Waals surface area contributed by atoms with Gasteiger partial charge in [0.05, 0.1) is 0 Å². The van der Waals surface area contributed by atoms with E-state index in [0.29, 0.717) is 25.1 Å². The summed E-state index contributed by atoms with van der Waals surface area (Å²) in [5.41, 5.74) is 2.82. The molecule has 0 saturated carbocycles. The molecule has 22 heavy (non-hydrogen) atoms. The lowest BCUT2D eigenvalue weighted by atomic mass is 10.0. The molecule has 1 atom stereocenters. The van der Waals surface area contributed by atoms with E-state index in [1.165, 1.54) is 0 Å². The Hall–Kier alpha value is -1.35. The second kappa shape index (κ2) is 7.77. The smallest absolute Gasteiger partial charge is 0.227 e. The minimum atomic E-state index is 0.131. The predicted octanol–water partition coefficient (Wildman–Crippen LogP) is 4.36. The zero-order valence-electron chi connectivity index (χ0n) is 13.4. The van der Waals surface area contributed by atoms with Gasteiger partial charge in [0, 0.05) is 36.0 Å². The molecule has 1 aromatic carbocycles. The largest absolute Gasteiger partial charge is 0.309 e. The van der Waals surface area contributed by atoms with E-state index >= 15 is 0 Å². The third-order valence-electron chi connectivity index (χ3n) is 4.17. The fourth-order valence-corrected chi connectivity index (χ4v) is 3.14. The molecular weight excluding hydrogens is 298 g/mol. The monoisotopic (exact) mass is 321 g/mol. The van der Waals surface area contributed by atoms with Crippen molar-refractivity contribution < 1.29 is 9.59 Å². The van der Waals surface area contributed by atoms with Crippen molar-refractivity contribution in [3.05, 3.63) is 29.3 Å². The second-order valence-electron chi connectivity index (χ2n) is 5.98. The number of Topliss-reactive ketones (excluding diaryl/α,β-unsaturated/α-hetero) is 1. The summed E-state index contributed by atoms with van der Waals surface area (Å²) in [6.45, 7) is 4.16. The number of alkyl halides is 1. The van der Waals surface area contributed by atoms with E-state index < -0.39 is 0 Å². The molecule has 0 fully saturated rings. The number of fused-ring (bicyclic) bond motifs is 1. The first-order valence-electron chi connectivity index (χ1n) is 8.12. The van der Waals surface area contributed by atoms with Gasteiger partial charge in [-0.05, 0) is 49.9 Å². The molecule has 0 saturated heterocycles. The number of rotatable bonds is 7. The van der Waals surface area contributed by atoms with Crippen LogP contribution in [0.5, 0.6) is 0 Å². The molecule has 2 rings (SSSR count). The molecule has 0 aliphatic carbocycles. The van der Waals surface area contributed by atoms with E-state index in [-0.39, 0.29) is 17.7 Å². The van der Waals surface area contributed by atoms with Gasteiger partial charge in [0.1, 0.15) is 0 Å². The number of carbonyl (C=O) groups is 2. The van der Waals surface area contributed by atoms with Crippen molar-refractivity contribution >= 4 is 29.0 Å². The highest BCUT2D eigenvalue weighted by Crippen LogP contribution is 2.34. The highest BCUT2D eigenvalue weighted by Gasteiger charge is 2.30. The molecule has 1 aromatic rings. The maximum Gasteiger partial charge on any atom is 0.227 e. The Morgan fingerprint density at radius 2 is 2.05 bits per heavy atom. The van der Waals surface area contributed by atoms with E-state index in [2.05, 4.69) is 13.8 Å². The van der Waals surface area contributed by atoms with Crippen molar-refractivity contribution in [1.29, 1.82) is 0 Å². The molecule has 120 valence electrons. The molecule has 1 heterocycles. The summed E-state index contributed by atoms with van der Waals surface area (Å²) in [6.07, 6.45) is 4.55. The Morgan fingerprint density at radius 3 is 2.73 bits per heavy atom. The minimum Gasteiger partial charge on any atom is -0.309 e. The van der Waals surface area contributed by atoms with E-state index in [1.54, 1.807) is 0 Å². The molecule has 0 aromatic heterocycles. The lowest BCUT2D eigenvalue weighted by Crippen LogP contribution is -2.35. The molecule has 0 spiro atoms. The molecule has 1 unspecified atom stereocenters. The number of carbonyl (C=O) groups excluding carboxylic acids is 2. The number of unbranched alkanes of at least 4 members (excludes halogenated alkanes) is 1. The Kier molecular flexibility index (Phi) is 6.01. The summed E-state index contributed by atoms with van der Waals surface area (Å²) in [7, 11) is 0. The highest BCUT2D eigenvalue weighted by molar-refractivity contribution is 6.18. The first kappa shape index (κ1) is 17.0. The van der Waals surface area contributed by atoms with Crippen LogP contribution in [0.4, 0.5) is 5.69 Å². The molecule has 0 bridgehead atoms. The van der Waals surface area contributed by atoms with Gasteiger partial charge in [0.15, 0.2) is 5.78 Å². The number of anilines is 1. The van der Waals surface area contributed by atoms with Gasteiger partial charge < -0.3 is 4.90 Å². The van der Waals surface area contributed by atoms with Crippen molar-refractivity contribution in [2.75, 3.05) is 10.8 Å². The third kappa shape index (κ3) is 3.70. The van der Waals surface area contributed by atoms with Gasteiger partial charge in [-0.2, -0.15) is 0 Å². The Labute approximate surface area is 137 Å². The summed E-state index contributed by atoms with van der Waals surface area (Å²) in [4.78, 5) is 26.4. The Balaban J connectivity index is 2.17. The molecule has 0 N–H and O–H groups in total. The molecule has 1 aliphatic heterocycles. The van der Waals surface area contributed by atoms with E-state index in [0.717, 1.165) is 36.1 Å². The molecule has 0 radical (unpaired) electrons. The van der Waals surface area contributed by atoms with Crippen molar-refractivity contribution in [3.63, 3.8) is 0 Å². The summed E-state index contributed by atoms with van der Waals surface area (Å²) >= 11 is 5.65. The SMILES string of the molecule is CCCCC(=O)N1c2ccc(C(=O)CCCCl)cc2CC1C. The predicted molar refractivity (Wildman–Crippen MR) is 90.9 cm³/mol. The quantitative estimate of drug-likeness (QED) is 0.553. The van der Waals surface area contributed by atoms with Crippen LogP contribution in [0, 0.1) is 0 Å².